The summed E-state index contributed by atoms with van der Waals surface area (Å²) in [5.74, 6) is 0.491. The molecule has 0 spiro atoms. The van der Waals surface area contributed by atoms with Crippen molar-refractivity contribution in [2.24, 2.45) is 0 Å². The molecule has 1 heterocycles. The van der Waals surface area contributed by atoms with Gasteiger partial charge < -0.3 is 4.74 Å². The number of nitrogens with zero attached hydrogens (tertiary/aromatic N) is 2. The monoisotopic (exact) mass is 410 g/mol. The Hall–Kier alpha value is -1.94. The smallest absolute Gasteiger partial charge is 0.243 e. The van der Waals surface area contributed by atoms with Gasteiger partial charge in [0, 0.05) is 26.2 Å². The summed E-state index contributed by atoms with van der Waals surface area (Å²) < 4.78 is 58.4. The van der Waals surface area contributed by atoms with Crippen LogP contribution in [0.1, 0.15) is 5.56 Å². The summed E-state index contributed by atoms with van der Waals surface area (Å²) in [6, 6.07) is 15.1. The summed E-state index contributed by atoms with van der Waals surface area (Å²) in [6.07, 6.45) is 0. The molecule has 3 rings (SSSR count). The number of benzene rings is 2. The van der Waals surface area contributed by atoms with Crippen LogP contribution in [0.4, 0.5) is 0 Å². The average molecular weight is 411 g/mol. The lowest BCUT2D eigenvalue weighted by Crippen LogP contribution is -2.50. The van der Waals surface area contributed by atoms with Gasteiger partial charge in [-0.1, -0.05) is 30.3 Å². The molecule has 0 N–H and O–H groups in total. The van der Waals surface area contributed by atoms with Gasteiger partial charge in [0.05, 0.1) is 17.8 Å². The Kier molecular flexibility index (Phi) is 5.85. The molecule has 0 bridgehead atoms. The lowest BCUT2D eigenvalue weighted by Gasteiger charge is -2.33. The molecule has 1 fully saturated rings. The highest BCUT2D eigenvalue weighted by molar-refractivity contribution is 7.89. The summed E-state index contributed by atoms with van der Waals surface area (Å²) in [5, 5.41) is 0. The van der Waals surface area contributed by atoms with Crippen LogP contribution >= 0.6 is 0 Å². The first-order chi connectivity index (χ1) is 12.8. The third kappa shape index (κ3) is 4.49. The minimum Gasteiger partial charge on any atom is -0.497 e. The van der Waals surface area contributed by atoms with E-state index in [0.29, 0.717) is 11.3 Å². The topological polar surface area (TPSA) is 84.0 Å². The van der Waals surface area contributed by atoms with Crippen LogP contribution in [0.3, 0.4) is 0 Å². The van der Waals surface area contributed by atoms with Crippen molar-refractivity contribution in [3.05, 3.63) is 60.2 Å². The van der Waals surface area contributed by atoms with E-state index in [0.717, 1.165) is 0 Å². The summed E-state index contributed by atoms with van der Waals surface area (Å²) in [5.41, 5.74) is 0.714. The third-order valence-corrected chi connectivity index (χ3v) is 8.24. The SMILES string of the molecule is COc1ccc(S(=O)(=O)N2CCN(S(=O)(=O)Cc3ccccc3)CC2)cc1. The van der Waals surface area contributed by atoms with Crippen molar-refractivity contribution in [1.82, 2.24) is 8.61 Å². The molecular weight excluding hydrogens is 388 g/mol. The number of hydrogen-bond donors (Lipinski definition) is 0. The second kappa shape index (κ2) is 7.97. The van der Waals surface area contributed by atoms with Crippen molar-refractivity contribution < 1.29 is 21.6 Å². The highest BCUT2D eigenvalue weighted by Gasteiger charge is 2.32. The van der Waals surface area contributed by atoms with Crippen LogP contribution < -0.4 is 4.74 Å². The van der Waals surface area contributed by atoms with E-state index in [2.05, 4.69) is 0 Å². The second-order valence-electron chi connectivity index (χ2n) is 6.22. The molecule has 2 aromatic rings. The molecule has 0 unspecified atom stereocenters. The summed E-state index contributed by atoms with van der Waals surface area (Å²) in [6.45, 7) is 0.542. The van der Waals surface area contributed by atoms with Gasteiger partial charge in [-0.2, -0.15) is 8.61 Å². The molecule has 0 aromatic heterocycles. The normalized spacial score (nSPS) is 16.9. The van der Waals surface area contributed by atoms with Gasteiger partial charge in [-0.25, -0.2) is 16.8 Å². The van der Waals surface area contributed by atoms with Gasteiger partial charge in [-0.05, 0) is 29.8 Å². The largest absolute Gasteiger partial charge is 0.497 e. The zero-order chi connectivity index (χ0) is 19.5. The number of ether oxygens (including phenoxy) is 1. The summed E-state index contributed by atoms with van der Waals surface area (Å²) in [4.78, 5) is 0.170. The van der Waals surface area contributed by atoms with Crippen molar-refractivity contribution in [1.29, 1.82) is 0 Å². The Morgan fingerprint density at radius 1 is 0.815 bits per heavy atom. The molecular formula is C18H22N2O5S2. The lowest BCUT2D eigenvalue weighted by molar-refractivity contribution is 0.272. The Labute approximate surface area is 160 Å². The van der Waals surface area contributed by atoms with Crippen LogP contribution in [-0.4, -0.2) is 58.7 Å². The molecule has 146 valence electrons. The van der Waals surface area contributed by atoms with Crippen molar-refractivity contribution in [2.45, 2.75) is 10.6 Å². The fourth-order valence-electron chi connectivity index (χ4n) is 2.96. The highest BCUT2D eigenvalue weighted by Crippen LogP contribution is 2.22. The van der Waals surface area contributed by atoms with Crippen molar-refractivity contribution in [2.75, 3.05) is 33.3 Å². The van der Waals surface area contributed by atoms with Gasteiger partial charge in [-0.15, -0.1) is 0 Å². The summed E-state index contributed by atoms with van der Waals surface area (Å²) >= 11 is 0. The molecule has 1 saturated heterocycles. The van der Waals surface area contributed by atoms with Gasteiger partial charge in [0.25, 0.3) is 0 Å². The molecule has 0 atom stereocenters. The number of methoxy groups -OCH3 is 1. The molecule has 27 heavy (non-hydrogen) atoms. The maximum atomic E-state index is 12.8. The Bertz CT molecular complexity index is 966. The van der Waals surface area contributed by atoms with E-state index in [4.69, 9.17) is 4.74 Å². The van der Waals surface area contributed by atoms with Crippen LogP contribution in [0.15, 0.2) is 59.5 Å². The van der Waals surface area contributed by atoms with Crippen molar-refractivity contribution in [3.63, 3.8) is 0 Å². The quantitative estimate of drug-likeness (QED) is 0.721. The number of rotatable bonds is 6. The maximum Gasteiger partial charge on any atom is 0.243 e. The third-order valence-electron chi connectivity index (χ3n) is 4.48. The van der Waals surface area contributed by atoms with Gasteiger partial charge >= 0.3 is 0 Å². The Morgan fingerprint density at radius 2 is 1.37 bits per heavy atom. The van der Waals surface area contributed by atoms with Crippen LogP contribution in [0, 0.1) is 0 Å². The zero-order valence-corrected chi connectivity index (χ0v) is 16.6. The first-order valence-electron chi connectivity index (χ1n) is 8.49. The lowest BCUT2D eigenvalue weighted by atomic mass is 10.2. The van der Waals surface area contributed by atoms with Crippen LogP contribution in [-0.2, 0) is 25.8 Å². The van der Waals surface area contributed by atoms with E-state index >= 15 is 0 Å². The van der Waals surface area contributed by atoms with E-state index in [-0.39, 0.29) is 36.8 Å². The first kappa shape index (κ1) is 19.8. The molecule has 2 aromatic carbocycles. The molecule has 1 aliphatic rings. The minimum atomic E-state index is -3.66. The fraction of sp³-hybridized carbons (Fsp3) is 0.333. The number of piperazine rings is 1. The van der Waals surface area contributed by atoms with Crippen LogP contribution in [0.25, 0.3) is 0 Å². The highest BCUT2D eigenvalue weighted by atomic mass is 32.2. The molecule has 1 aliphatic heterocycles. The predicted molar refractivity (Wildman–Crippen MR) is 102 cm³/mol. The molecule has 0 amide bonds. The number of hydrogen-bond acceptors (Lipinski definition) is 5. The first-order valence-corrected chi connectivity index (χ1v) is 11.5. The van der Waals surface area contributed by atoms with Crippen molar-refractivity contribution in [3.8, 4) is 5.75 Å². The predicted octanol–water partition coefficient (Wildman–Crippen LogP) is 1.53. The zero-order valence-electron chi connectivity index (χ0n) is 15.0. The molecule has 0 radical (unpaired) electrons. The van der Waals surface area contributed by atoms with E-state index in [1.54, 1.807) is 36.4 Å². The van der Waals surface area contributed by atoms with Crippen LogP contribution in [0.2, 0.25) is 0 Å². The second-order valence-corrected chi connectivity index (χ2v) is 10.1. The van der Waals surface area contributed by atoms with Gasteiger partial charge in [0.2, 0.25) is 20.0 Å². The van der Waals surface area contributed by atoms with E-state index < -0.39 is 20.0 Å². The molecule has 0 saturated carbocycles. The maximum absolute atomic E-state index is 12.8. The van der Waals surface area contributed by atoms with E-state index in [1.165, 1.54) is 27.9 Å². The van der Waals surface area contributed by atoms with E-state index in [1.807, 2.05) is 6.07 Å². The van der Waals surface area contributed by atoms with Gasteiger partial charge in [0.1, 0.15) is 5.75 Å². The van der Waals surface area contributed by atoms with E-state index in [9.17, 15) is 16.8 Å². The molecule has 9 heteroatoms. The standard InChI is InChI=1S/C18H22N2O5S2/c1-25-17-7-9-18(10-8-17)27(23,24)20-13-11-19(12-14-20)26(21,22)15-16-5-3-2-4-6-16/h2-10H,11-15H2,1H3. The number of sulfonamides is 2. The van der Waals surface area contributed by atoms with Crippen LogP contribution in [0.5, 0.6) is 5.75 Å². The Morgan fingerprint density at radius 3 is 1.93 bits per heavy atom. The van der Waals surface area contributed by atoms with Gasteiger partial charge in [0.15, 0.2) is 0 Å². The molecule has 0 aliphatic carbocycles. The molecule has 7 nitrogen and oxygen atoms in total. The minimum absolute atomic E-state index is 0.0843. The summed E-state index contributed by atoms with van der Waals surface area (Å²) in [7, 11) is -5.63. The Balaban J connectivity index is 1.67. The average Bonchev–Trinajstić information content (AvgIpc) is 2.68. The van der Waals surface area contributed by atoms with Gasteiger partial charge in [-0.3, -0.25) is 0 Å². The fourth-order valence-corrected chi connectivity index (χ4v) is 5.90. The van der Waals surface area contributed by atoms with Crippen molar-refractivity contribution >= 4 is 20.0 Å².